The molecule has 2 aromatic heterocycles. The quantitative estimate of drug-likeness (QED) is 0.914. The first-order valence-corrected chi connectivity index (χ1v) is 7.50. The summed E-state index contributed by atoms with van der Waals surface area (Å²) in [7, 11) is 1.53. The monoisotopic (exact) mass is 308 g/mol. The Morgan fingerprint density at radius 3 is 2.64 bits per heavy atom. The molecule has 3 heterocycles. The molecule has 0 aromatic carbocycles. The molecule has 1 saturated heterocycles. The highest BCUT2D eigenvalue weighted by Gasteiger charge is 2.23. The number of methoxy groups -OCH3 is 1. The van der Waals surface area contributed by atoms with Crippen molar-refractivity contribution in [2.24, 2.45) is 0 Å². The largest absolute Gasteiger partial charge is 0.467 e. The molecule has 1 aliphatic rings. The third-order valence-electron chi connectivity index (χ3n) is 4.09. The average Bonchev–Trinajstić information content (AvgIpc) is 2.97. The lowest BCUT2D eigenvalue weighted by Crippen LogP contribution is -2.44. The highest BCUT2D eigenvalue weighted by Crippen LogP contribution is 2.28. The first-order valence-electron chi connectivity index (χ1n) is 7.50. The third kappa shape index (κ3) is 2.58. The molecule has 0 unspecified atom stereocenters. The summed E-state index contributed by atoms with van der Waals surface area (Å²) in [6.07, 6.45) is 0.631. The van der Waals surface area contributed by atoms with Gasteiger partial charge in [0.25, 0.3) is 0 Å². The summed E-state index contributed by atoms with van der Waals surface area (Å²) in [5.74, 6) is 0.751. The smallest absolute Gasteiger partial charge is 0.320 e. The van der Waals surface area contributed by atoms with Crippen LogP contribution in [0.2, 0.25) is 0 Å². The number of halogens is 1. The maximum absolute atomic E-state index is 13.7. The minimum absolute atomic E-state index is 0.279. The number of alkyl halides is 1. The summed E-state index contributed by atoms with van der Waals surface area (Å²) in [6, 6.07) is -0.0676. The van der Waals surface area contributed by atoms with Crippen LogP contribution in [-0.2, 0) is 0 Å². The Morgan fingerprint density at radius 1 is 1.27 bits per heavy atom. The molecular weight excluding hydrogens is 287 g/mol. The van der Waals surface area contributed by atoms with Crippen LogP contribution in [0.5, 0.6) is 6.01 Å². The van der Waals surface area contributed by atoms with Gasteiger partial charge in [0.15, 0.2) is 17.0 Å². The van der Waals surface area contributed by atoms with Crippen molar-refractivity contribution in [1.29, 1.82) is 0 Å². The normalized spacial score (nSPS) is 18.5. The summed E-state index contributed by atoms with van der Waals surface area (Å²) in [4.78, 5) is 15.4. The van der Waals surface area contributed by atoms with Crippen molar-refractivity contribution in [3.8, 4) is 6.01 Å². The van der Waals surface area contributed by atoms with Crippen molar-refractivity contribution in [2.75, 3.05) is 38.2 Å². The van der Waals surface area contributed by atoms with E-state index in [4.69, 9.17) is 4.74 Å². The van der Waals surface area contributed by atoms with Crippen LogP contribution in [0.4, 0.5) is 10.2 Å². The van der Waals surface area contributed by atoms with E-state index in [1.165, 1.54) is 14.0 Å². The number of ether oxygens (including phenoxy) is 1. The van der Waals surface area contributed by atoms with Crippen LogP contribution in [0, 0.1) is 0 Å². The van der Waals surface area contributed by atoms with Gasteiger partial charge in [0, 0.05) is 26.2 Å². The van der Waals surface area contributed by atoms with Crippen molar-refractivity contribution in [1.82, 2.24) is 24.8 Å². The molecule has 120 valence electrons. The minimum Gasteiger partial charge on any atom is -0.467 e. The lowest BCUT2D eigenvalue weighted by molar-refractivity contribution is 0.267. The summed E-state index contributed by atoms with van der Waals surface area (Å²) >= 11 is 0. The average molecular weight is 308 g/mol. The van der Waals surface area contributed by atoms with E-state index in [1.807, 2.05) is 6.92 Å². The maximum Gasteiger partial charge on any atom is 0.320 e. The molecule has 2 atom stereocenters. The Bertz CT molecular complexity index is 652. The van der Waals surface area contributed by atoms with Gasteiger partial charge >= 0.3 is 6.01 Å². The van der Waals surface area contributed by atoms with Gasteiger partial charge in [0.1, 0.15) is 6.17 Å². The Morgan fingerprint density at radius 2 is 2.00 bits per heavy atom. The lowest BCUT2D eigenvalue weighted by Gasteiger charge is -2.28. The molecule has 8 heteroatoms. The third-order valence-corrected chi connectivity index (χ3v) is 4.09. The Kier molecular flexibility index (Phi) is 4.10. The molecule has 2 aromatic rings. The Labute approximate surface area is 128 Å². The number of rotatable bonds is 4. The van der Waals surface area contributed by atoms with Gasteiger partial charge in [0.05, 0.1) is 19.5 Å². The van der Waals surface area contributed by atoms with Gasteiger partial charge in [-0.05, 0) is 13.8 Å². The summed E-state index contributed by atoms with van der Waals surface area (Å²) in [5.41, 5.74) is 1.30. The summed E-state index contributed by atoms with van der Waals surface area (Å²) < 4.78 is 20.6. The second-order valence-electron chi connectivity index (χ2n) is 5.51. The van der Waals surface area contributed by atoms with E-state index in [2.05, 4.69) is 25.2 Å². The predicted octanol–water partition coefficient (Wildman–Crippen LogP) is 1.16. The first kappa shape index (κ1) is 15.0. The zero-order valence-electron chi connectivity index (χ0n) is 13.1. The van der Waals surface area contributed by atoms with Gasteiger partial charge in [0.2, 0.25) is 0 Å². The van der Waals surface area contributed by atoms with Crippen molar-refractivity contribution in [3.63, 3.8) is 0 Å². The SMILES string of the molecule is COc1nc(N2CCNCC2)c2ncn([C@H](C)[C@@H](C)F)c2n1. The molecule has 1 fully saturated rings. The fourth-order valence-electron chi connectivity index (χ4n) is 2.59. The van der Waals surface area contributed by atoms with Crippen LogP contribution >= 0.6 is 0 Å². The van der Waals surface area contributed by atoms with E-state index in [1.54, 1.807) is 10.9 Å². The highest BCUT2D eigenvalue weighted by atomic mass is 19.1. The van der Waals surface area contributed by atoms with Crippen molar-refractivity contribution < 1.29 is 9.13 Å². The standard InChI is InChI=1S/C14H21FN6O/c1-9(15)10(2)21-8-17-11-12(20-6-4-16-5-7-20)18-14(22-3)19-13(11)21/h8-10,16H,4-7H2,1-3H3/t9-,10-/m1/s1. The second kappa shape index (κ2) is 6.04. The lowest BCUT2D eigenvalue weighted by atomic mass is 10.2. The maximum atomic E-state index is 13.7. The Balaban J connectivity index is 2.11. The number of fused-ring (bicyclic) bond motifs is 1. The van der Waals surface area contributed by atoms with E-state index >= 15 is 0 Å². The molecule has 0 radical (unpaired) electrons. The molecule has 1 aliphatic heterocycles. The van der Waals surface area contributed by atoms with E-state index < -0.39 is 6.17 Å². The number of nitrogens with one attached hydrogen (secondary N) is 1. The Hall–Kier alpha value is -1.96. The molecule has 0 bridgehead atoms. The molecule has 0 amide bonds. The summed E-state index contributed by atoms with van der Waals surface area (Å²) in [5, 5.41) is 3.31. The van der Waals surface area contributed by atoms with Gasteiger partial charge in [-0.3, -0.25) is 0 Å². The minimum atomic E-state index is -0.999. The van der Waals surface area contributed by atoms with Gasteiger partial charge in [-0.1, -0.05) is 0 Å². The van der Waals surface area contributed by atoms with Crippen LogP contribution in [0.1, 0.15) is 19.9 Å². The molecule has 0 spiro atoms. The van der Waals surface area contributed by atoms with Gasteiger partial charge in [-0.2, -0.15) is 9.97 Å². The fraction of sp³-hybridized carbons (Fsp3) is 0.643. The molecule has 0 aliphatic carbocycles. The van der Waals surface area contributed by atoms with Crippen LogP contribution in [0.3, 0.4) is 0 Å². The number of imidazole rings is 1. The van der Waals surface area contributed by atoms with Crippen LogP contribution in [-0.4, -0.2) is 59.0 Å². The second-order valence-corrected chi connectivity index (χ2v) is 5.51. The zero-order valence-corrected chi connectivity index (χ0v) is 13.1. The number of anilines is 1. The topological polar surface area (TPSA) is 68.1 Å². The number of aromatic nitrogens is 4. The predicted molar refractivity (Wildman–Crippen MR) is 82.2 cm³/mol. The number of hydrogen-bond donors (Lipinski definition) is 1. The molecule has 1 N–H and O–H groups in total. The van der Waals surface area contributed by atoms with Gasteiger partial charge in [-0.15, -0.1) is 0 Å². The molecule has 22 heavy (non-hydrogen) atoms. The molecule has 3 rings (SSSR count). The number of hydrogen-bond acceptors (Lipinski definition) is 6. The molecule has 7 nitrogen and oxygen atoms in total. The van der Waals surface area contributed by atoms with E-state index in [0.29, 0.717) is 11.2 Å². The fourth-order valence-corrected chi connectivity index (χ4v) is 2.59. The van der Waals surface area contributed by atoms with Crippen molar-refractivity contribution >= 4 is 17.0 Å². The van der Waals surface area contributed by atoms with Crippen LogP contribution < -0.4 is 15.0 Å². The van der Waals surface area contributed by atoms with Crippen LogP contribution in [0.25, 0.3) is 11.2 Å². The molecule has 0 saturated carbocycles. The van der Waals surface area contributed by atoms with Crippen molar-refractivity contribution in [3.05, 3.63) is 6.33 Å². The van der Waals surface area contributed by atoms with Gasteiger partial charge < -0.3 is 19.5 Å². The van der Waals surface area contributed by atoms with Gasteiger partial charge in [-0.25, -0.2) is 9.37 Å². The highest BCUT2D eigenvalue weighted by molar-refractivity contribution is 5.84. The summed E-state index contributed by atoms with van der Waals surface area (Å²) in [6.45, 7) is 6.82. The van der Waals surface area contributed by atoms with E-state index in [-0.39, 0.29) is 12.1 Å². The number of nitrogens with zero attached hydrogens (tertiary/aromatic N) is 5. The molecular formula is C14H21FN6O. The van der Waals surface area contributed by atoms with Crippen molar-refractivity contribution in [2.45, 2.75) is 26.1 Å². The first-order chi connectivity index (χ1) is 10.6. The van der Waals surface area contributed by atoms with Crippen LogP contribution in [0.15, 0.2) is 6.33 Å². The van der Waals surface area contributed by atoms with E-state index in [0.717, 1.165) is 32.0 Å². The number of piperazine rings is 1. The van der Waals surface area contributed by atoms with E-state index in [9.17, 15) is 4.39 Å². The zero-order chi connectivity index (χ0) is 15.7.